The Morgan fingerprint density at radius 2 is 1.36 bits per heavy atom. The fourth-order valence-electron chi connectivity index (χ4n) is 3.93. The number of likely N-dealkylation sites (N-methyl/N-ethyl adjacent to an activating group) is 1. The lowest BCUT2D eigenvalue weighted by Gasteiger charge is -2.49. The first-order chi connectivity index (χ1) is 15.0. The van der Waals surface area contributed by atoms with E-state index in [9.17, 15) is 35.1 Å². The third-order valence-corrected chi connectivity index (χ3v) is 5.52. The van der Waals surface area contributed by atoms with Crippen LogP contribution in [0.3, 0.4) is 0 Å². The van der Waals surface area contributed by atoms with Gasteiger partial charge in [-0.25, -0.2) is 4.79 Å². The van der Waals surface area contributed by atoms with Gasteiger partial charge in [-0.05, 0) is 26.2 Å². The summed E-state index contributed by atoms with van der Waals surface area (Å²) >= 11 is 0. The number of carboxylic acid groups (broad SMARTS) is 1. The van der Waals surface area contributed by atoms with E-state index in [0.717, 1.165) is 0 Å². The Hall–Kier alpha value is -1.38. The predicted octanol–water partition coefficient (Wildman–Crippen LogP) is -1.63. The molecule has 0 aliphatic carbocycles. The molecule has 4 unspecified atom stereocenters. The topological polar surface area (TPSA) is 184 Å². The van der Waals surface area contributed by atoms with E-state index in [-0.39, 0.29) is 0 Å². The monoisotopic (exact) mass is 479 g/mol. The summed E-state index contributed by atoms with van der Waals surface area (Å²) in [7, 11) is 1.34. The molecule has 0 aromatic heterocycles. The third kappa shape index (κ3) is 6.20. The maximum atomic E-state index is 12.5. The molecule has 0 saturated carbocycles. The fraction of sp³-hybridized carbons (Fsp3) is 0.905. The van der Waals surface area contributed by atoms with E-state index >= 15 is 0 Å². The summed E-state index contributed by atoms with van der Waals surface area (Å²) in [5, 5.41) is 54.6. The largest absolute Gasteiger partial charge is 0.479 e. The van der Waals surface area contributed by atoms with Crippen LogP contribution in [0.1, 0.15) is 41.5 Å². The smallest absolute Gasteiger partial charge is 0.335 e. The molecule has 2 fully saturated rings. The maximum Gasteiger partial charge on any atom is 0.335 e. The molecule has 0 aromatic rings. The van der Waals surface area contributed by atoms with Gasteiger partial charge in [-0.1, -0.05) is 20.8 Å². The molecule has 10 atom stereocenters. The molecule has 1 amide bonds. The van der Waals surface area contributed by atoms with Gasteiger partial charge in [0.05, 0.1) is 11.7 Å². The second-order valence-electron chi connectivity index (χ2n) is 10.5. The summed E-state index contributed by atoms with van der Waals surface area (Å²) < 4.78 is 22.4. The molecule has 0 bridgehead atoms. The molecule has 2 saturated heterocycles. The Labute approximate surface area is 192 Å². The van der Waals surface area contributed by atoms with E-state index in [1.54, 1.807) is 41.5 Å². The van der Waals surface area contributed by atoms with Crippen molar-refractivity contribution in [2.24, 2.45) is 5.41 Å². The van der Waals surface area contributed by atoms with E-state index in [1.165, 1.54) is 7.05 Å². The molecule has 0 spiro atoms. The average Bonchev–Trinajstić information content (AvgIpc) is 2.68. The SMILES string of the molecule is CNC(=O)C1O[C@H](C(C)(C)C)[C@H](O)C(O)[C@@H]1O[C@H]1OC(C(=O)O)[C@@H](OC(C)(C)C)C(O)[C@H]1O. The van der Waals surface area contributed by atoms with Crippen LogP contribution in [0.5, 0.6) is 0 Å². The number of ether oxygens (including phenoxy) is 4. The van der Waals surface area contributed by atoms with Crippen molar-refractivity contribution >= 4 is 11.9 Å². The minimum atomic E-state index is -1.79. The van der Waals surface area contributed by atoms with E-state index in [4.69, 9.17) is 18.9 Å². The number of aliphatic carboxylic acids is 1. The van der Waals surface area contributed by atoms with Crippen LogP contribution in [0.15, 0.2) is 0 Å². The van der Waals surface area contributed by atoms with Crippen molar-refractivity contribution in [3.05, 3.63) is 0 Å². The number of nitrogens with one attached hydrogen (secondary N) is 1. The normalized spacial score (nSPS) is 40.3. The third-order valence-electron chi connectivity index (χ3n) is 5.52. The number of hydrogen-bond donors (Lipinski definition) is 6. The molecule has 33 heavy (non-hydrogen) atoms. The Balaban J connectivity index is 2.32. The van der Waals surface area contributed by atoms with Gasteiger partial charge in [-0.2, -0.15) is 0 Å². The highest BCUT2D eigenvalue weighted by Gasteiger charge is 2.55. The summed E-state index contributed by atoms with van der Waals surface area (Å²) in [5.74, 6) is -2.14. The first-order valence-electron chi connectivity index (χ1n) is 10.8. The molecule has 2 heterocycles. The fourth-order valence-corrected chi connectivity index (χ4v) is 3.93. The number of carbonyl (C=O) groups excluding carboxylic acids is 1. The van der Waals surface area contributed by atoms with Gasteiger partial charge in [0.2, 0.25) is 0 Å². The Morgan fingerprint density at radius 3 is 1.82 bits per heavy atom. The quantitative estimate of drug-likeness (QED) is 0.266. The predicted molar refractivity (Wildman–Crippen MR) is 112 cm³/mol. The van der Waals surface area contributed by atoms with Gasteiger partial charge in [-0.3, -0.25) is 4.79 Å². The van der Waals surface area contributed by atoms with Crippen LogP contribution in [0, 0.1) is 5.41 Å². The lowest BCUT2D eigenvalue weighted by molar-refractivity contribution is -0.343. The van der Waals surface area contributed by atoms with Crippen molar-refractivity contribution in [3.8, 4) is 0 Å². The standard InChI is InChI=1S/C21H37NO11/c1-20(2,3)16-10(25)8(23)12(14(30-16)17(27)22-7)31-19-11(26)9(24)13(33-21(4,5)6)15(32-19)18(28)29/h8-16,19,23-26H,1-7H3,(H,22,27)(H,28,29)/t8?,9?,10-,11-,12+,13+,14?,15?,16+,19+/m1/s1. The molecule has 12 heteroatoms. The van der Waals surface area contributed by atoms with Crippen LogP contribution in [0.25, 0.3) is 0 Å². The molecular weight excluding hydrogens is 442 g/mol. The lowest BCUT2D eigenvalue weighted by atomic mass is 9.80. The number of rotatable bonds is 5. The number of carbonyl (C=O) groups is 2. The highest BCUT2D eigenvalue weighted by molar-refractivity contribution is 5.81. The van der Waals surface area contributed by atoms with Crippen molar-refractivity contribution in [2.75, 3.05) is 7.05 Å². The number of aliphatic hydroxyl groups excluding tert-OH is 4. The highest BCUT2D eigenvalue weighted by Crippen LogP contribution is 2.36. The summed E-state index contributed by atoms with van der Waals surface area (Å²) in [4.78, 5) is 24.3. The van der Waals surface area contributed by atoms with E-state index < -0.39 is 84.1 Å². The summed E-state index contributed by atoms with van der Waals surface area (Å²) in [6, 6.07) is 0. The van der Waals surface area contributed by atoms with Gasteiger partial charge in [0.15, 0.2) is 18.5 Å². The van der Waals surface area contributed by atoms with E-state index in [1.807, 2.05) is 0 Å². The van der Waals surface area contributed by atoms with E-state index in [2.05, 4.69) is 5.32 Å². The molecule has 192 valence electrons. The minimum Gasteiger partial charge on any atom is -0.479 e. The van der Waals surface area contributed by atoms with Crippen molar-refractivity contribution < 1.29 is 54.1 Å². The molecule has 0 aromatic carbocycles. The lowest BCUT2D eigenvalue weighted by Crippen LogP contribution is -2.68. The summed E-state index contributed by atoms with van der Waals surface area (Å²) in [5.41, 5.74) is -1.51. The molecule has 0 radical (unpaired) electrons. The molecule has 2 rings (SSSR count). The zero-order valence-corrected chi connectivity index (χ0v) is 20.0. The zero-order chi connectivity index (χ0) is 25.5. The number of amides is 1. The molecule has 2 aliphatic rings. The minimum absolute atomic E-state index is 0.652. The van der Waals surface area contributed by atoms with Crippen LogP contribution in [0.2, 0.25) is 0 Å². The van der Waals surface area contributed by atoms with Crippen molar-refractivity contribution in [1.82, 2.24) is 5.32 Å². The molecule has 2 aliphatic heterocycles. The maximum absolute atomic E-state index is 12.5. The van der Waals surface area contributed by atoms with Gasteiger partial charge in [0.25, 0.3) is 5.91 Å². The van der Waals surface area contributed by atoms with Gasteiger partial charge in [0.1, 0.15) is 36.6 Å². The number of hydrogen-bond acceptors (Lipinski definition) is 10. The second-order valence-corrected chi connectivity index (χ2v) is 10.5. The average molecular weight is 480 g/mol. The van der Waals surface area contributed by atoms with Gasteiger partial charge in [0, 0.05) is 7.05 Å². The van der Waals surface area contributed by atoms with Crippen LogP contribution >= 0.6 is 0 Å². The number of carboxylic acids is 1. The van der Waals surface area contributed by atoms with Crippen LogP contribution in [-0.2, 0) is 28.5 Å². The molecule has 12 nitrogen and oxygen atoms in total. The Kier molecular flexibility index (Phi) is 8.51. The Bertz CT molecular complexity index is 703. The zero-order valence-electron chi connectivity index (χ0n) is 20.0. The van der Waals surface area contributed by atoms with Gasteiger partial charge in [-0.15, -0.1) is 0 Å². The molecule has 6 N–H and O–H groups in total. The van der Waals surface area contributed by atoms with Crippen molar-refractivity contribution in [1.29, 1.82) is 0 Å². The van der Waals surface area contributed by atoms with Crippen molar-refractivity contribution in [3.63, 3.8) is 0 Å². The highest BCUT2D eigenvalue weighted by atomic mass is 16.7. The van der Waals surface area contributed by atoms with Crippen LogP contribution in [0.4, 0.5) is 0 Å². The molecular formula is C21H37NO11. The summed E-state index contributed by atoms with van der Waals surface area (Å²) in [6.07, 6.45) is -15.4. The first kappa shape index (κ1) is 27.9. The van der Waals surface area contributed by atoms with E-state index in [0.29, 0.717) is 0 Å². The second kappa shape index (κ2) is 10.1. The van der Waals surface area contributed by atoms with Crippen LogP contribution < -0.4 is 5.32 Å². The van der Waals surface area contributed by atoms with Crippen molar-refractivity contribution in [2.45, 2.75) is 108 Å². The van der Waals surface area contributed by atoms with Crippen LogP contribution in [-0.4, -0.2) is 111 Å². The summed E-state index contributed by atoms with van der Waals surface area (Å²) in [6.45, 7) is 10.2. The Morgan fingerprint density at radius 1 is 0.818 bits per heavy atom. The van der Waals surface area contributed by atoms with Gasteiger partial charge < -0.3 is 49.8 Å². The number of aliphatic hydroxyl groups is 4. The van der Waals surface area contributed by atoms with Gasteiger partial charge >= 0.3 is 5.97 Å². The first-order valence-corrected chi connectivity index (χ1v) is 10.8.